The van der Waals surface area contributed by atoms with E-state index in [-0.39, 0.29) is 11.2 Å². The molecule has 1 unspecified atom stereocenters. The van der Waals surface area contributed by atoms with E-state index >= 15 is 0 Å². The molecule has 3 aromatic rings. The lowest BCUT2D eigenvalue weighted by atomic mass is 10.1. The SMILES string of the molecule is CC(SCC(=O)NCCc1ccccc1)c1nc2ccccc2[nH]1. The predicted octanol–water partition coefficient (Wildman–Crippen LogP) is 3.72. The van der Waals surface area contributed by atoms with Gasteiger partial charge in [-0.05, 0) is 31.0 Å². The lowest BCUT2D eigenvalue weighted by Crippen LogP contribution is -2.27. The highest BCUT2D eigenvalue weighted by atomic mass is 32.2. The van der Waals surface area contributed by atoms with Gasteiger partial charge in [0.05, 0.1) is 22.0 Å². The maximum absolute atomic E-state index is 12.0. The highest BCUT2D eigenvalue weighted by molar-refractivity contribution is 8.00. The number of amides is 1. The van der Waals surface area contributed by atoms with Crippen LogP contribution in [0.25, 0.3) is 11.0 Å². The van der Waals surface area contributed by atoms with Crippen LogP contribution in [-0.4, -0.2) is 28.2 Å². The smallest absolute Gasteiger partial charge is 0.230 e. The van der Waals surface area contributed by atoms with Gasteiger partial charge in [-0.3, -0.25) is 4.79 Å². The average molecular weight is 339 g/mol. The summed E-state index contributed by atoms with van der Waals surface area (Å²) in [5.41, 5.74) is 3.24. The van der Waals surface area contributed by atoms with E-state index in [2.05, 4.69) is 34.3 Å². The number of aromatic nitrogens is 2. The molecule has 5 heteroatoms. The van der Waals surface area contributed by atoms with E-state index in [1.165, 1.54) is 5.56 Å². The molecule has 0 aliphatic rings. The third-order valence-electron chi connectivity index (χ3n) is 3.84. The number of carbonyl (C=O) groups excluding carboxylic acids is 1. The molecule has 1 atom stereocenters. The summed E-state index contributed by atoms with van der Waals surface area (Å²) in [6.07, 6.45) is 0.858. The molecular formula is C19H21N3OS. The minimum Gasteiger partial charge on any atom is -0.355 e. The standard InChI is InChI=1S/C19H21N3OS/c1-14(19-21-16-9-5-6-10-17(16)22-19)24-13-18(23)20-12-11-15-7-3-2-4-8-15/h2-10,14H,11-13H2,1H3,(H,20,23)(H,21,22). The van der Waals surface area contributed by atoms with Crippen molar-refractivity contribution in [3.63, 3.8) is 0 Å². The molecule has 124 valence electrons. The lowest BCUT2D eigenvalue weighted by Gasteiger charge is -2.09. The maximum Gasteiger partial charge on any atom is 0.230 e. The largest absolute Gasteiger partial charge is 0.355 e. The fourth-order valence-electron chi connectivity index (χ4n) is 2.49. The normalized spacial score (nSPS) is 12.2. The second-order valence-corrected chi connectivity index (χ2v) is 7.01. The van der Waals surface area contributed by atoms with Gasteiger partial charge in [-0.25, -0.2) is 4.98 Å². The van der Waals surface area contributed by atoms with Crippen LogP contribution in [0.3, 0.4) is 0 Å². The van der Waals surface area contributed by atoms with Crippen molar-refractivity contribution in [1.29, 1.82) is 0 Å². The molecule has 0 saturated carbocycles. The molecular weight excluding hydrogens is 318 g/mol. The van der Waals surface area contributed by atoms with Gasteiger partial charge >= 0.3 is 0 Å². The molecule has 2 aromatic carbocycles. The van der Waals surface area contributed by atoms with Crippen LogP contribution in [0.4, 0.5) is 0 Å². The monoisotopic (exact) mass is 339 g/mol. The van der Waals surface area contributed by atoms with Crippen LogP contribution in [0.5, 0.6) is 0 Å². The van der Waals surface area contributed by atoms with Crippen LogP contribution < -0.4 is 5.32 Å². The number of rotatable bonds is 7. The minimum atomic E-state index is 0.0684. The molecule has 0 aliphatic carbocycles. The molecule has 0 fully saturated rings. The van der Waals surface area contributed by atoms with Crippen molar-refractivity contribution in [2.24, 2.45) is 0 Å². The first-order valence-corrected chi connectivity index (χ1v) is 9.14. The fraction of sp³-hybridized carbons (Fsp3) is 0.263. The Hall–Kier alpha value is -2.27. The second-order valence-electron chi connectivity index (χ2n) is 5.68. The average Bonchev–Trinajstić information content (AvgIpc) is 3.05. The summed E-state index contributed by atoms with van der Waals surface area (Å²) in [6.45, 7) is 2.74. The van der Waals surface area contributed by atoms with Gasteiger partial charge in [0, 0.05) is 6.54 Å². The number of H-pyrrole nitrogens is 1. The van der Waals surface area contributed by atoms with E-state index < -0.39 is 0 Å². The van der Waals surface area contributed by atoms with Gasteiger partial charge < -0.3 is 10.3 Å². The molecule has 24 heavy (non-hydrogen) atoms. The van der Waals surface area contributed by atoms with Crippen LogP contribution in [0, 0.1) is 0 Å². The first kappa shape index (κ1) is 16.6. The Labute approximate surface area is 146 Å². The Morgan fingerprint density at radius 1 is 1.17 bits per heavy atom. The molecule has 4 nitrogen and oxygen atoms in total. The van der Waals surface area contributed by atoms with Gasteiger partial charge in [0.25, 0.3) is 0 Å². The van der Waals surface area contributed by atoms with E-state index in [1.54, 1.807) is 11.8 Å². The van der Waals surface area contributed by atoms with Crippen LogP contribution in [-0.2, 0) is 11.2 Å². The number of nitrogens with one attached hydrogen (secondary N) is 2. The number of para-hydroxylation sites is 2. The van der Waals surface area contributed by atoms with E-state index in [0.29, 0.717) is 12.3 Å². The molecule has 3 rings (SSSR count). The van der Waals surface area contributed by atoms with Crippen molar-refractivity contribution >= 4 is 28.7 Å². The Kier molecular flexibility index (Phi) is 5.54. The first-order valence-electron chi connectivity index (χ1n) is 8.09. The van der Waals surface area contributed by atoms with Crippen molar-refractivity contribution in [1.82, 2.24) is 15.3 Å². The number of hydrogen-bond donors (Lipinski definition) is 2. The molecule has 0 bridgehead atoms. The van der Waals surface area contributed by atoms with Gasteiger partial charge in [0.15, 0.2) is 0 Å². The lowest BCUT2D eigenvalue weighted by molar-refractivity contribution is -0.118. The number of fused-ring (bicyclic) bond motifs is 1. The molecule has 0 radical (unpaired) electrons. The summed E-state index contributed by atoms with van der Waals surface area (Å²) in [5, 5.41) is 3.12. The van der Waals surface area contributed by atoms with Crippen molar-refractivity contribution < 1.29 is 4.79 Å². The zero-order valence-corrected chi connectivity index (χ0v) is 14.5. The molecule has 0 aliphatic heterocycles. The number of imidazole rings is 1. The summed E-state index contributed by atoms with van der Waals surface area (Å²) in [6, 6.07) is 18.1. The van der Waals surface area contributed by atoms with Gasteiger partial charge in [-0.2, -0.15) is 0 Å². The van der Waals surface area contributed by atoms with Crippen molar-refractivity contribution in [2.45, 2.75) is 18.6 Å². The van der Waals surface area contributed by atoms with E-state index in [4.69, 9.17) is 0 Å². The number of carbonyl (C=O) groups is 1. The number of hydrogen-bond acceptors (Lipinski definition) is 3. The number of aromatic amines is 1. The summed E-state index contributed by atoms with van der Waals surface area (Å²) in [4.78, 5) is 19.9. The third kappa shape index (κ3) is 4.38. The molecule has 0 saturated heterocycles. The van der Waals surface area contributed by atoms with E-state index in [0.717, 1.165) is 23.3 Å². The van der Waals surface area contributed by atoms with Crippen LogP contribution >= 0.6 is 11.8 Å². The van der Waals surface area contributed by atoms with Crippen LogP contribution in [0.1, 0.15) is 23.6 Å². The molecule has 1 amide bonds. The Balaban J connectivity index is 1.43. The minimum absolute atomic E-state index is 0.0684. The highest BCUT2D eigenvalue weighted by Crippen LogP contribution is 2.27. The molecule has 0 spiro atoms. The van der Waals surface area contributed by atoms with Crippen molar-refractivity contribution in [3.8, 4) is 0 Å². The Morgan fingerprint density at radius 3 is 2.71 bits per heavy atom. The topological polar surface area (TPSA) is 57.8 Å². The second kappa shape index (κ2) is 8.02. The Bertz CT molecular complexity index is 767. The van der Waals surface area contributed by atoms with E-state index in [9.17, 15) is 4.79 Å². The van der Waals surface area contributed by atoms with Crippen LogP contribution in [0.2, 0.25) is 0 Å². The number of thioether (sulfide) groups is 1. The maximum atomic E-state index is 12.0. The van der Waals surface area contributed by atoms with Gasteiger partial charge in [-0.15, -0.1) is 11.8 Å². The zero-order chi connectivity index (χ0) is 16.8. The van der Waals surface area contributed by atoms with Gasteiger partial charge in [0.2, 0.25) is 5.91 Å². The summed E-state index contributed by atoms with van der Waals surface area (Å²) in [7, 11) is 0. The predicted molar refractivity (Wildman–Crippen MR) is 100 cm³/mol. The number of nitrogens with zero attached hydrogens (tertiary/aromatic N) is 1. The van der Waals surface area contributed by atoms with E-state index in [1.807, 2.05) is 42.5 Å². The Morgan fingerprint density at radius 2 is 1.92 bits per heavy atom. The zero-order valence-electron chi connectivity index (χ0n) is 13.7. The van der Waals surface area contributed by atoms with Gasteiger partial charge in [-0.1, -0.05) is 42.5 Å². The quantitative estimate of drug-likeness (QED) is 0.690. The summed E-state index contributed by atoms with van der Waals surface area (Å²) in [5.74, 6) is 1.42. The third-order valence-corrected chi connectivity index (χ3v) is 4.99. The first-order chi connectivity index (χ1) is 11.7. The molecule has 1 heterocycles. The van der Waals surface area contributed by atoms with Gasteiger partial charge in [0.1, 0.15) is 5.82 Å². The highest BCUT2D eigenvalue weighted by Gasteiger charge is 2.13. The van der Waals surface area contributed by atoms with Crippen molar-refractivity contribution in [2.75, 3.05) is 12.3 Å². The van der Waals surface area contributed by atoms with Crippen molar-refractivity contribution in [3.05, 3.63) is 66.0 Å². The summed E-state index contributed by atoms with van der Waals surface area (Å²) >= 11 is 1.59. The molecule has 1 aromatic heterocycles. The number of benzene rings is 2. The summed E-state index contributed by atoms with van der Waals surface area (Å²) < 4.78 is 0. The fourth-order valence-corrected chi connectivity index (χ4v) is 3.26. The molecule has 2 N–H and O–H groups in total. The van der Waals surface area contributed by atoms with Crippen LogP contribution in [0.15, 0.2) is 54.6 Å².